The Bertz CT molecular complexity index is 491. The van der Waals surface area contributed by atoms with Crippen molar-refractivity contribution in [3.63, 3.8) is 0 Å². The van der Waals surface area contributed by atoms with Crippen LogP contribution in [0.25, 0.3) is 0 Å². The number of rotatable bonds is 2. The van der Waals surface area contributed by atoms with Crippen LogP contribution < -0.4 is 5.73 Å². The molecule has 20 heavy (non-hydrogen) atoms. The summed E-state index contributed by atoms with van der Waals surface area (Å²) in [5.41, 5.74) is 8.14. The average molecular weight is 274 g/mol. The van der Waals surface area contributed by atoms with E-state index in [-0.39, 0.29) is 16.9 Å². The first kappa shape index (κ1) is 15.0. The van der Waals surface area contributed by atoms with E-state index in [2.05, 4.69) is 34.6 Å². The van der Waals surface area contributed by atoms with E-state index in [1.54, 1.807) is 0 Å². The van der Waals surface area contributed by atoms with E-state index in [9.17, 15) is 4.79 Å². The molecule has 0 spiro atoms. The number of carbonyl (C=O) groups is 1. The molecule has 2 rings (SSSR count). The summed E-state index contributed by atoms with van der Waals surface area (Å²) < 4.78 is 0. The average Bonchev–Trinajstić information content (AvgIpc) is 2.33. The van der Waals surface area contributed by atoms with Crippen molar-refractivity contribution in [1.29, 1.82) is 0 Å². The number of hydrogen-bond acceptors (Lipinski definition) is 2. The van der Waals surface area contributed by atoms with Crippen LogP contribution in [0.3, 0.4) is 0 Å². The van der Waals surface area contributed by atoms with Crippen LogP contribution in [-0.2, 0) is 5.41 Å². The Morgan fingerprint density at radius 1 is 1.20 bits per heavy atom. The van der Waals surface area contributed by atoms with Crippen molar-refractivity contribution < 1.29 is 4.79 Å². The monoisotopic (exact) mass is 274 g/mol. The number of amides is 1. The zero-order valence-corrected chi connectivity index (χ0v) is 13.2. The van der Waals surface area contributed by atoms with Crippen molar-refractivity contribution in [3.05, 3.63) is 35.4 Å². The molecular weight excluding hydrogens is 248 g/mol. The molecule has 0 radical (unpaired) electrons. The van der Waals surface area contributed by atoms with Crippen molar-refractivity contribution >= 4 is 5.91 Å². The van der Waals surface area contributed by atoms with Gasteiger partial charge in [-0.25, -0.2) is 0 Å². The van der Waals surface area contributed by atoms with Crippen LogP contribution in [0.2, 0.25) is 0 Å². The third kappa shape index (κ3) is 2.73. The molecule has 0 atom stereocenters. The largest absolute Gasteiger partial charge is 0.335 e. The predicted molar refractivity (Wildman–Crippen MR) is 82.8 cm³/mol. The van der Waals surface area contributed by atoms with Gasteiger partial charge in [-0.05, 0) is 29.0 Å². The van der Waals surface area contributed by atoms with Crippen LogP contribution >= 0.6 is 0 Å². The van der Waals surface area contributed by atoms with E-state index in [1.165, 1.54) is 5.56 Å². The molecule has 0 unspecified atom stereocenters. The number of carbonyl (C=O) groups excluding carboxylic acids is 1. The van der Waals surface area contributed by atoms with Crippen molar-refractivity contribution in [2.24, 2.45) is 11.7 Å². The van der Waals surface area contributed by atoms with Gasteiger partial charge < -0.3 is 10.6 Å². The second-order valence-electron chi connectivity index (χ2n) is 7.38. The Hall–Kier alpha value is -1.35. The summed E-state index contributed by atoms with van der Waals surface area (Å²) in [6, 6.07) is 7.94. The fourth-order valence-electron chi connectivity index (χ4n) is 2.47. The molecule has 0 aromatic heterocycles. The first-order valence-electron chi connectivity index (χ1n) is 7.32. The van der Waals surface area contributed by atoms with Crippen LogP contribution in [0.1, 0.15) is 50.5 Å². The molecule has 1 amide bonds. The summed E-state index contributed by atoms with van der Waals surface area (Å²) in [4.78, 5) is 14.2. The molecule has 0 aliphatic carbocycles. The summed E-state index contributed by atoms with van der Waals surface area (Å²) in [5.74, 6) is 0.488. The zero-order valence-electron chi connectivity index (χ0n) is 13.2. The summed E-state index contributed by atoms with van der Waals surface area (Å²) in [6.07, 6.45) is 0. The van der Waals surface area contributed by atoms with Crippen LogP contribution in [0, 0.1) is 5.92 Å². The van der Waals surface area contributed by atoms with Crippen LogP contribution in [0.5, 0.6) is 0 Å². The minimum absolute atomic E-state index is 0.0900. The minimum atomic E-state index is -0.207. The molecule has 0 saturated carbocycles. The normalized spacial score (nSPS) is 18.1. The highest BCUT2D eigenvalue weighted by atomic mass is 16.2. The van der Waals surface area contributed by atoms with Gasteiger partial charge in [0.15, 0.2) is 0 Å². The fraction of sp³-hybridized carbons (Fsp3) is 0.588. The van der Waals surface area contributed by atoms with Gasteiger partial charge in [0, 0.05) is 18.7 Å². The Kier molecular flexibility index (Phi) is 3.67. The van der Waals surface area contributed by atoms with Crippen molar-refractivity contribution in [3.8, 4) is 0 Å². The van der Waals surface area contributed by atoms with Crippen molar-refractivity contribution in [1.82, 2.24) is 4.90 Å². The summed E-state index contributed by atoms with van der Waals surface area (Å²) >= 11 is 0. The third-order valence-corrected chi connectivity index (χ3v) is 4.41. The number of likely N-dealkylation sites (tertiary alicyclic amines) is 1. The van der Waals surface area contributed by atoms with Gasteiger partial charge in [0.05, 0.1) is 5.54 Å². The van der Waals surface area contributed by atoms with E-state index in [0.29, 0.717) is 19.0 Å². The zero-order chi connectivity index (χ0) is 15.1. The number of nitrogens with zero attached hydrogens (tertiary/aromatic N) is 1. The van der Waals surface area contributed by atoms with E-state index in [1.807, 2.05) is 29.2 Å². The number of benzene rings is 1. The fourth-order valence-corrected chi connectivity index (χ4v) is 2.47. The van der Waals surface area contributed by atoms with Gasteiger partial charge in [0.2, 0.25) is 0 Å². The lowest BCUT2D eigenvalue weighted by Crippen LogP contribution is -2.71. The molecule has 0 bridgehead atoms. The molecule has 1 heterocycles. The smallest absolute Gasteiger partial charge is 0.253 e. The molecule has 1 fully saturated rings. The summed E-state index contributed by atoms with van der Waals surface area (Å²) in [7, 11) is 0. The SMILES string of the molecule is CC(C)C1(N)CN(C(=O)c2ccc(C(C)(C)C)cc2)C1. The van der Waals surface area contributed by atoms with Crippen LogP contribution in [0.15, 0.2) is 24.3 Å². The van der Waals surface area contributed by atoms with E-state index < -0.39 is 0 Å². The lowest BCUT2D eigenvalue weighted by Gasteiger charge is -2.50. The highest BCUT2D eigenvalue weighted by Crippen LogP contribution is 2.28. The lowest BCUT2D eigenvalue weighted by atomic mass is 9.80. The first-order chi connectivity index (χ1) is 9.13. The van der Waals surface area contributed by atoms with E-state index >= 15 is 0 Å². The molecule has 1 aromatic carbocycles. The van der Waals surface area contributed by atoms with E-state index in [4.69, 9.17) is 5.73 Å². The minimum Gasteiger partial charge on any atom is -0.335 e. The molecule has 1 saturated heterocycles. The van der Waals surface area contributed by atoms with Gasteiger partial charge in [-0.3, -0.25) is 4.79 Å². The molecule has 1 aliphatic heterocycles. The lowest BCUT2D eigenvalue weighted by molar-refractivity contribution is 0.0275. The highest BCUT2D eigenvalue weighted by molar-refractivity contribution is 5.95. The first-order valence-corrected chi connectivity index (χ1v) is 7.32. The molecule has 3 heteroatoms. The van der Waals surface area contributed by atoms with E-state index in [0.717, 1.165) is 5.56 Å². The second kappa shape index (κ2) is 4.88. The maximum atomic E-state index is 12.4. The Labute approximate surface area is 122 Å². The van der Waals surface area contributed by atoms with Crippen LogP contribution in [-0.4, -0.2) is 29.4 Å². The van der Waals surface area contributed by atoms with Gasteiger partial charge in [-0.15, -0.1) is 0 Å². The Balaban J connectivity index is 2.05. The molecule has 1 aromatic rings. The van der Waals surface area contributed by atoms with Crippen LogP contribution in [0.4, 0.5) is 0 Å². The van der Waals surface area contributed by atoms with Crippen molar-refractivity contribution in [2.45, 2.75) is 45.6 Å². The molecule has 3 nitrogen and oxygen atoms in total. The summed E-state index contributed by atoms with van der Waals surface area (Å²) in [5, 5.41) is 0. The van der Waals surface area contributed by atoms with Gasteiger partial charge >= 0.3 is 0 Å². The third-order valence-electron chi connectivity index (χ3n) is 4.41. The highest BCUT2D eigenvalue weighted by Gasteiger charge is 2.44. The molecular formula is C17H26N2O. The van der Waals surface area contributed by atoms with Gasteiger partial charge in [0.1, 0.15) is 0 Å². The van der Waals surface area contributed by atoms with Gasteiger partial charge in [-0.1, -0.05) is 46.8 Å². The topological polar surface area (TPSA) is 46.3 Å². The maximum absolute atomic E-state index is 12.4. The maximum Gasteiger partial charge on any atom is 0.253 e. The van der Waals surface area contributed by atoms with Gasteiger partial charge in [0.25, 0.3) is 5.91 Å². The van der Waals surface area contributed by atoms with Crippen molar-refractivity contribution in [2.75, 3.05) is 13.1 Å². The quantitative estimate of drug-likeness (QED) is 0.901. The number of hydrogen-bond donors (Lipinski definition) is 1. The second-order valence-corrected chi connectivity index (χ2v) is 7.38. The Morgan fingerprint density at radius 2 is 1.70 bits per heavy atom. The molecule has 110 valence electrons. The summed E-state index contributed by atoms with van der Waals surface area (Å²) in [6.45, 7) is 12.1. The predicted octanol–water partition coefficient (Wildman–Crippen LogP) is 2.79. The van der Waals surface area contributed by atoms with Gasteiger partial charge in [-0.2, -0.15) is 0 Å². The molecule has 2 N–H and O–H groups in total. The Morgan fingerprint density at radius 3 is 2.10 bits per heavy atom. The molecule has 1 aliphatic rings. The standard InChI is InChI=1S/C17H26N2O/c1-12(2)17(18)10-19(11-17)15(20)13-6-8-14(9-7-13)16(3,4)5/h6-9,12H,10-11,18H2,1-5H3. The number of nitrogens with two attached hydrogens (primary N) is 1.